The van der Waals surface area contributed by atoms with Gasteiger partial charge in [0.15, 0.2) is 0 Å². The molecule has 3 aromatic carbocycles. The summed E-state index contributed by atoms with van der Waals surface area (Å²) in [5, 5.41) is 9.70. The summed E-state index contributed by atoms with van der Waals surface area (Å²) in [5.41, 5.74) is 1.43. The number of phenols is 1. The Hall–Kier alpha value is -2.95. The van der Waals surface area contributed by atoms with Crippen molar-refractivity contribution in [2.24, 2.45) is 0 Å². The van der Waals surface area contributed by atoms with Gasteiger partial charge in [-0.15, -0.1) is 0 Å². The lowest BCUT2D eigenvalue weighted by Crippen LogP contribution is -2.04. The van der Waals surface area contributed by atoms with Gasteiger partial charge in [0.05, 0.1) is 5.56 Å². The van der Waals surface area contributed by atoms with Crippen LogP contribution >= 0.6 is 0 Å². The highest BCUT2D eigenvalue weighted by atomic mass is 19.4. The summed E-state index contributed by atoms with van der Waals surface area (Å²) in [6.07, 6.45) is -4.37. The van der Waals surface area contributed by atoms with Crippen molar-refractivity contribution < 1.29 is 23.0 Å². The van der Waals surface area contributed by atoms with E-state index in [2.05, 4.69) is 0 Å². The maximum absolute atomic E-state index is 12.7. The molecule has 0 atom stereocenters. The molecule has 3 aromatic rings. The quantitative estimate of drug-likeness (QED) is 0.662. The van der Waals surface area contributed by atoms with Gasteiger partial charge >= 0.3 is 6.18 Å². The average Bonchev–Trinajstić information content (AvgIpc) is 2.60. The maximum Gasteiger partial charge on any atom is 0.416 e. The lowest BCUT2D eigenvalue weighted by Gasteiger charge is -2.13. The van der Waals surface area contributed by atoms with Crippen LogP contribution in [0.5, 0.6) is 11.5 Å². The molecule has 0 radical (unpaired) electrons. The van der Waals surface area contributed by atoms with Gasteiger partial charge in [-0.3, -0.25) is 0 Å². The second-order valence-corrected chi connectivity index (χ2v) is 5.53. The van der Waals surface area contributed by atoms with E-state index in [1.165, 1.54) is 24.3 Å². The summed E-state index contributed by atoms with van der Waals surface area (Å²) in [6.45, 7) is 0.290. The molecule has 0 bridgehead atoms. The van der Waals surface area contributed by atoms with Crippen LogP contribution in [0.4, 0.5) is 13.2 Å². The molecule has 0 spiro atoms. The van der Waals surface area contributed by atoms with Gasteiger partial charge in [0, 0.05) is 11.6 Å². The van der Waals surface area contributed by atoms with Crippen LogP contribution in [0, 0.1) is 0 Å². The first kappa shape index (κ1) is 16.9. The average molecular weight is 344 g/mol. The number of hydrogen-bond acceptors (Lipinski definition) is 2. The van der Waals surface area contributed by atoms with Crippen molar-refractivity contribution in [2.45, 2.75) is 12.8 Å². The van der Waals surface area contributed by atoms with Gasteiger partial charge in [-0.2, -0.15) is 13.2 Å². The van der Waals surface area contributed by atoms with Crippen molar-refractivity contribution in [2.75, 3.05) is 0 Å². The smallest absolute Gasteiger partial charge is 0.416 e. The van der Waals surface area contributed by atoms with Crippen molar-refractivity contribution in [1.29, 1.82) is 0 Å². The molecule has 0 aliphatic heterocycles. The zero-order valence-electron chi connectivity index (χ0n) is 13.1. The molecule has 0 amide bonds. The molecule has 0 fully saturated rings. The molecule has 0 aliphatic carbocycles. The second-order valence-electron chi connectivity index (χ2n) is 5.53. The summed E-state index contributed by atoms with van der Waals surface area (Å²) >= 11 is 0. The van der Waals surface area contributed by atoms with E-state index < -0.39 is 11.7 Å². The molecule has 25 heavy (non-hydrogen) atoms. The molecule has 5 heteroatoms. The largest absolute Gasteiger partial charge is 0.508 e. The highest BCUT2D eigenvalue weighted by Crippen LogP contribution is 2.36. The minimum Gasteiger partial charge on any atom is -0.508 e. The third-order valence-electron chi connectivity index (χ3n) is 3.73. The fraction of sp³-hybridized carbons (Fsp3) is 0.100. The van der Waals surface area contributed by atoms with Crippen LogP contribution in [0.25, 0.3) is 11.1 Å². The normalized spacial score (nSPS) is 11.3. The third kappa shape index (κ3) is 4.12. The predicted molar refractivity (Wildman–Crippen MR) is 89.3 cm³/mol. The number of rotatable bonds is 4. The summed E-state index contributed by atoms with van der Waals surface area (Å²) in [5.74, 6) is 0.433. The molecule has 0 unspecified atom stereocenters. The van der Waals surface area contributed by atoms with Crippen LogP contribution in [-0.4, -0.2) is 5.11 Å². The first-order valence-corrected chi connectivity index (χ1v) is 7.61. The number of phenolic OH excluding ortho intramolecular Hbond substituents is 1. The predicted octanol–water partition coefficient (Wildman–Crippen LogP) is 5.66. The number of hydrogen-bond donors (Lipinski definition) is 1. The van der Waals surface area contributed by atoms with E-state index in [-0.39, 0.29) is 12.4 Å². The Labute approximate surface area is 143 Å². The van der Waals surface area contributed by atoms with E-state index in [1.807, 2.05) is 30.3 Å². The maximum atomic E-state index is 12.7. The Morgan fingerprint density at radius 2 is 1.52 bits per heavy atom. The Balaban J connectivity index is 1.88. The number of ether oxygens (including phenoxy) is 1. The van der Waals surface area contributed by atoms with Crippen molar-refractivity contribution in [3.63, 3.8) is 0 Å². The summed E-state index contributed by atoms with van der Waals surface area (Å²) in [7, 11) is 0. The van der Waals surface area contributed by atoms with Crippen LogP contribution in [0.15, 0.2) is 72.8 Å². The molecule has 128 valence electrons. The highest BCUT2D eigenvalue weighted by molar-refractivity contribution is 5.71. The molecule has 2 nitrogen and oxygen atoms in total. The summed E-state index contributed by atoms with van der Waals surface area (Å²) < 4.78 is 43.9. The van der Waals surface area contributed by atoms with Gasteiger partial charge < -0.3 is 9.84 Å². The lowest BCUT2D eigenvalue weighted by atomic mass is 10.0. The Kier molecular flexibility index (Phi) is 4.65. The van der Waals surface area contributed by atoms with Crippen molar-refractivity contribution >= 4 is 0 Å². The number of aromatic hydroxyl groups is 1. The van der Waals surface area contributed by atoms with E-state index in [4.69, 9.17) is 4.74 Å². The number of benzene rings is 3. The van der Waals surface area contributed by atoms with E-state index >= 15 is 0 Å². The van der Waals surface area contributed by atoms with Gasteiger partial charge in [0.1, 0.15) is 18.1 Å². The zero-order valence-corrected chi connectivity index (χ0v) is 13.1. The number of halogens is 3. The van der Waals surface area contributed by atoms with Crippen LogP contribution in [0.3, 0.4) is 0 Å². The lowest BCUT2D eigenvalue weighted by molar-refractivity contribution is -0.137. The van der Waals surface area contributed by atoms with Crippen molar-refractivity contribution in [3.8, 4) is 22.6 Å². The molecule has 3 rings (SSSR count). The van der Waals surface area contributed by atoms with E-state index in [9.17, 15) is 18.3 Å². The second kappa shape index (κ2) is 6.89. The fourth-order valence-corrected chi connectivity index (χ4v) is 2.44. The van der Waals surface area contributed by atoms with Crippen LogP contribution in [0.1, 0.15) is 11.1 Å². The molecule has 0 aromatic heterocycles. The fourth-order valence-electron chi connectivity index (χ4n) is 2.44. The zero-order chi connectivity index (χ0) is 17.9. The Morgan fingerprint density at radius 1 is 0.840 bits per heavy atom. The third-order valence-corrected chi connectivity index (χ3v) is 3.73. The molecule has 0 heterocycles. The Morgan fingerprint density at radius 3 is 2.16 bits per heavy atom. The van der Waals surface area contributed by atoms with Gasteiger partial charge in [-0.1, -0.05) is 42.5 Å². The van der Waals surface area contributed by atoms with E-state index in [0.29, 0.717) is 16.9 Å². The van der Waals surface area contributed by atoms with Crippen LogP contribution in [-0.2, 0) is 12.8 Å². The van der Waals surface area contributed by atoms with E-state index in [0.717, 1.165) is 17.7 Å². The summed E-state index contributed by atoms with van der Waals surface area (Å²) in [4.78, 5) is 0. The van der Waals surface area contributed by atoms with Crippen molar-refractivity contribution in [1.82, 2.24) is 0 Å². The molecule has 0 saturated carbocycles. The van der Waals surface area contributed by atoms with Gasteiger partial charge in [0.25, 0.3) is 0 Å². The molecular weight excluding hydrogens is 329 g/mol. The van der Waals surface area contributed by atoms with Crippen LogP contribution < -0.4 is 4.74 Å². The minimum atomic E-state index is -4.37. The van der Waals surface area contributed by atoms with Gasteiger partial charge in [0.2, 0.25) is 0 Å². The first-order valence-electron chi connectivity index (χ1n) is 7.61. The van der Waals surface area contributed by atoms with E-state index in [1.54, 1.807) is 6.07 Å². The number of alkyl halides is 3. The molecular formula is C20H15F3O2. The molecule has 1 N–H and O–H groups in total. The first-order chi connectivity index (χ1) is 11.9. The molecule has 0 saturated heterocycles. The Bertz CT molecular complexity index is 841. The van der Waals surface area contributed by atoms with Gasteiger partial charge in [-0.25, -0.2) is 0 Å². The van der Waals surface area contributed by atoms with Crippen molar-refractivity contribution in [3.05, 3.63) is 83.9 Å². The standard InChI is InChI=1S/C20H15F3O2/c21-20(22,23)16-8-6-15(7-9-16)18-11-10-17(24)12-19(18)25-13-14-4-2-1-3-5-14/h1-12,24H,13H2. The topological polar surface area (TPSA) is 29.5 Å². The highest BCUT2D eigenvalue weighted by Gasteiger charge is 2.30. The molecule has 0 aliphatic rings. The summed E-state index contributed by atoms with van der Waals surface area (Å²) in [6, 6.07) is 18.9. The van der Waals surface area contributed by atoms with Gasteiger partial charge in [-0.05, 0) is 35.4 Å². The SMILES string of the molecule is Oc1ccc(-c2ccc(C(F)(F)F)cc2)c(OCc2ccccc2)c1. The minimum absolute atomic E-state index is 0.0266. The van der Waals surface area contributed by atoms with Crippen LogP contribution in [0.2, 0.25) is 0 Å². The monoisotopic (exact) mass is 344 g/mol.